The van der Waals surface area contributed by atoms with Crippen LogP contribution in [0, 0.1) is 0 Å². The number of carbonyl (C=O) groups is 4. The second kappa shape index (κ2) is 14.4. The van der Waals surface area contributed by atoms with Crippen molar-refractivity contribution in [1.82, 2.24) is 20.2 Å². The summed E-state index contributed by atoms with van der Waals surface area (Å²) < 4.78 is 15.9. The second-order valence-corrected chi connectivity index (χ2v) is 8.98. The van der Waals surface area contributed by atoms with E-state index in [0.717, 1.165) is 11.8 Å². The van der Waals surface area contributed by atoms with Crippen molar-refractivity contribution in [1.29, 1.82) is 0 Å². The lowest BCUT2D eigenvalue weighted by Gasteiger charge is -2.20. The molecule has 1 unspecified atom stereocenters. The minimum Gasteiger partial charge on any atom is -0.464 e. The number of rotatable bonds is 10. The minimum atomic E-state index is -1.08. The molecule has 38 heavy (non-hydrogen) atoms. The van der Waals surface area contributed by atoms with Crippen molar-refractivity contribution in [2.75, 3.05) is 18.5 Å². The summed E-state index contributed by atoms with van der Waals surface area (Å²) in [7, 11) is 0. The molecule has 1 aromatic heterocycles. The highest BCUT2D eigenvalue weighted by Gasteiger charge is 2.24. The van der Waals surface area contributed by atoms with Gasteiger partial charge in [-0.25, -0.2) is 28.5 Å². The summed E-state index contributed by atoms with van der Waals surface area (Å²) >= 11 is 0. The number of alkyl carbamates (subject to hydrolysis) is 1. The highest BCUT2D eigenvalue weighted by Crippen LogP contribution is 2.07. The number of aromatic nitrogens is 2. The topological polar surface area (TPSA) is 167 Å². The predicted octanol–water partition coefficient (Wildman–Crippen LogP) is 2.79. The van der Waals surface area contributed by atoms with Gasteiger partial charge in [-0.3, -0.25) is 5.32 Å². The van der Waals surface area contributed by atoms with Gasteiger partial charge in [-0.15, -0.1) is 0 Å². The molecule has 13 heteroatoms. The molecule has 3 N–H and O–H groups in total. The molecule has 206 valence electrons. The van der Waals surface area contributed by atoms with E-state index in [-0.39, 0.29) is 32.0 Å². The summed E-state index contributed by atoms with van der Waals surface area (Å²) in [6, 6.07) is 8.23. The molecule has 0 radical (unpaired) electrons. The Labute approximate surface area is 219 Å². The Hall–Kier alpha value is -4.42. The van der Waals surface area contributed by atoms with E-state index in [9.17, 15) is 24.0 Å². The standard InChI is InChI=1S/C25H33N5O8/c1-5-36-20(31)18(12-9-14-26-23(34)38-25(2,3)4)27-21(32)30-15-13-19(28-22(30)33)29-24(35)37-16-17-10-7-6-8-11-17/h6-8,10-11,13,15,18H,5,9,12,14,16H2,1-4H3,(H,26,34)(H,27,32)(H,28,29,33,35). The Kier molecular flexibility index (Phi) is 11.3. The molecule has 3 amide bonds. The van der Waals surface area contributed by atoms with Crippen LogP contribution in [0.4, 0.5) is 20.2 Å². The van der Waals surface area contributed by atoms with Gasteiger partial charge in [0.2, 0.25) is 0 Å². The normalized spacial score (nSPS) is 11.6. The van der Waals surface area contributed by atoms with Gasteiger partial charge in [0.05, 0.1) is 6.61 Å². The number of anilines is 1. The lowest BCUT2D eigenvalue weighted by atomic mass is 10.1. The van der Waals surface area contributed by atoms with Gasteiger partial charge < -0.3 is 24.8 Å². The van der Waals surface area contributed by atoms with Crippen LogP contribution in [-0.2, 0) is 25.6 Å². The zero-order valence-corrected chi connectivity index (χ0v) is 21.8. The zero-order valence-electron chi connectivity index (χ0n) is 21.8. The first kappa shape index (κ1) is 29.8. The Morgan fingerprint density at radius 2 is 1.74 bits per heavy atom. The van der Waals surface area contributed by atoms with Crippen LogP contribution in [0.1, 0.15) is 46.1 Å². The van der Waals surface area contributed by atoms with Crippen molar-refractivity contribution in [3.05, 3.63) is 58.6 Å². The molecule has 2 aromatic rings. The van der Waals surface area contributed by atoms with Gasteiger partial charge in [0.25, 0.3) is 0 Å². The van der Waals surface area contributed by atoms with Crippen molar-refractivity contribution >= 4 is 30.0 Å². The molecule has 0 aliphatic rings. The molecule has 2 rings (SSSR count). The van der Waals surface area contributed by atoms with E-state index in [2.05, 4.69) is 20.9 Å². The Balaban J connectivity index is 1.93. The van der Waals surface area contributed by atoms with Crippen LogP contribution in [0.15, 0.2) is 47.4 Å². The summed E-state index contributed by atoms with van der Waals surface area (Å²) in [6.45, 7) is 7.11. The number of amides is 3. The molecule has 0 spiro atoms. The lowest BCUT2D eigenvalue weighted by molar-refractivity contribution is -0.145. The Morgan fingerprint density at radius 3 is 2.37 bits per heavy atom. The molecule has 0 saturated carbocycles. The number of esters is 1. The van der Waals surface area contributed by atoms with Crippen molar-refractivity contribution < 1.29 is 33.4 Å². The van der Waals surface area contributed by atoms with E-state index in [1.165, 1.54) is 6.07 Å². The number of carbonyl (C=O) groups excluding carboxylic acids is 4. The number of benzene rings is 1. The smallest absolute Gasteiger partial charge is 0.413 e. The largest absolute Gasteiger partial charge is 0.464 e. The van der Waals surface area contributed by atoms with Crippen molar-refractivity contribution in [2.24, 2.45) is 0 Å². The van der Waals surface area contributed by atoms with Gasteiger partial charge in [0.1, 0.15) is 24.1 Å². The summed E-state index contributed by atoms with van der Waals surface area (Å²) in [4.78, 5) is 64.8. The quantitative estimate of drug-likeness (QED) is 0.237. The minimum absolute atomic E-state index is 0.0225. The third-order valence-electron chi connectivity index (χ3n) is 4.67. The van der Waals surface area contributed by atoms with Crippen molar-refractivity contribution in [2.45, 2.75) is 58.8 Å². The molecule has 1 aromatic carbocycles. The maximum absolute atomic E-state index is 12.7. The zero-order chi connectivity index (χ0) is 28.1. The van der Waals surface area contributed by atoms with Gasteiger partial charge in [-0.2, -0.15) is 4.98 Å². The average molecular weight is 532 g/mol. The summed E-state index contributed by atoms with van der Waals surface area (Å²) in [5, 5.41) is 7.32. The van der Waals surface area contributed by atoms with Crippen LogP contribution >= 0.6 is 0 Å². The Morgan fingerprint density at radius 1 is 1.03 bits per heavy atom. The molecule has 13 nitrogen and oxygen atoms in total. The van der Waals surface area contributed by atoms with Crippen LogP contribution in [0.2, 0.25) is 0 Å². The first-order valence-corrected chi connectivity index (χ1v) is 12.0. The highest BCUT2D eigenvalue weighted by molar-refractivity contribution is 5.85. The van der Waals surface area contributed by atoms with Gasteiger partial charge in [0.15, 0.2) is 0 Å². The third-order valence-corrected chi connectivity index (χ3v) is 4.67. The fourth-order valence-electron chi connectivity index (χ4n) is 3.01. The van der Waals surface area contributed by atoms with Crippen molar-refractivity contribution in [3.8, 4) is 0 Å². The first-order valence-electron chi connectivity index (χ1n) is 12.0. The number of nitrogens with one attached hydrogen (secondary N) is 3. The molecular weight excluding hydrogens is 498 g/mol. The molecule has 1 atom stereocenters. The summed E-state index contributed by atoms with van der Waals surface area (Å²) in [5.41, 5.74) is -0.863. The fourth-order valence-corrected chi connectivity index (χ4v) is 3.01. The fraction of sp³-hybridized carbons (Fsp3) is 0.440. The Bertz CT molecular complexity index is 1160. The second-order valence-electron chi connectivity index (χ2n) is 8.98. The van der Waals surface area contributed by atoms with Crippen LogP contribution in [0.5, 0.6) is 0 Å². The molecule has 0 saturated heterocycles. The number of nitrogens with zero attached hydrogens (tertiary/aromatic N) is 2. The van der Waals surface area contributed by atoms with Gasteiger partial charge >= 0.3 is 29.9 Å². The van der Waals surface area contributed by atoms with Crippen LogP contribution < -0.4 is 21.6 Å². The van der Waals surface area contributed by atoms with Crippen LogP contribution in [0.3, 0.4) is 0 Å². The maximum atomic E-state index is 12.7. The third kappa shape index (κ3) is 10.7. The molecule has 0 aliphatic carbocycles. The van der Waals surface area contributed by atoms with Crippen LogP contribution in [-0.4, -0.2) is 58.5 Å². The van der Waals surface area contributed by atoms with Gasteiger partial charge in [0, 0.05) is 12.7 Å². The monoisotopic (exact) mass is 531 g/mol. The first-order chi connectivity index (χ1) is 18.0. The van der Waals surface area contributed by atoms with Gasteiger partial charge in [-0.1, -0.05) is 30.3 Å². The van der Waals surface area contributed by atoms with Crippen molar-refractivity contribution in [3.63, 3.8) is 0 Å². The number of hydrogen-bond donors (Lipinski definition) is 3. The number of ether oxygens (including phenoxy) is 3. The van der Waals surface area contributed by atoms with E-state index in [1.807, 2.05) is 6.07 Å². The SMILES string of the molecule is CCOC(=O)C(CCCNC(=O)OC(C)(C)C)NC(=O)n1ccc(NC(=O)OCc2ccccc2)nc1=O. The van der Waals surface area contributed by atoms with E-state index in [1.54, 1.807) is 52.0 Å². The predicted molar refractivity (Wildman–Crippen MR) is 137 cm³/mol. The van der Waals surface area contributed by atoms with E-state index < -0.39 is 41.5 Å². The summed E-state index contributed by atoms with van der Waals surface area (Å²) in [6.07, 6.45) is 0.0957. The van der Waals surface area contributed by atoms with Crippen LogP contribution in [0.25, 0.3) is 0 Å². The summed E-state index contributed by atoms with van der Waals surface area (Å²) in [5.74, 6) is -0.814. The molecular formula is C25H33N5O8. The lowest BCUT2D eigenvalue weighted by Crippen LogP contribution is -2.47. The average Bonchev–Trinajstić information content (AvgIpc) is 2.84. The van der Waals surface area contributed by atoms with E-state index >= 15 is 0 Å². The number of hydrogen-bond acceptors (Lipinski definition) is 9. The molecule has 0 fully saturated rings. The molecule has 1 heterocycles. The van der Waals surface area contributed by atoms with E-state index in [0.29, 0.717) is 11.0 Å². The van der Waals surface area contributed by atoms with Gasteiger partial charge in [-0.05, 0) is 52.2 Å². The molecule has 0 bridgehead atoms. The maximum Gasteiger partial charge on any atom is 0.413 e. The molecule has 0 aliphatic heterocycles. The van der Waals surface area contributed by atoms with E-state index in [4.69, 9.17) is 14.2 Å². The highest BCUT2D eigenvalue weighted by atomic mass is 16.6.